The molecule has 1 aliphatic rings. The van der Waals surface area contributed by atoms with Crippen molar-refractivity contribution >= 4 is 23.6 Å². The molecule has 1 saturated heterocycles. The molecule has 1 unspecified atom stereocenters. The smallest absolute Gasteiger partial charge is 0.376 e. The fourth-order valence-corrected chi connectivity index (χ4v) is 3.34. The van der Waals surface area contributed by atoms with Gasteiger partial charge in [-0.1, -0.05) is 24.3 Å². The standard InChI is InChI=1S/C18H19BN2O2/c1-19(23)21-8-4-6-14(12-21)18(22)15-9-13-5-2-3-7-17(13)16(10-15)11-20/h2-3,5,7,9-10,14,23H,4,6,8,12H2,1H3. The van der Waals surface area contributed by atoms with E-state index in [1.165, 1.54) is 0 Å². The topological polar surface area (TPSA) is 64.3 Å². The van der Waals surface area contributed by atoms with E-state index in [1.807, 2.05) is 35.1 Å². The number of carbonyl (C=O) groups excluding carboxylic acids is 1. The molecule has 2 aromatic carbocycles. The molecule has 0 aliphatic carbocycles. The van der Waals surface area contributed by atoms with Crippen LogP contribution in [0.5, 0.6) is 0 Å². The van der Waals surface area contributed by atoms with Crippen LogP contribution >= 0.6 is 0 Å². The van der Waals surface area contributed by atoms with Crippen LogP contribution in [0.3, 0.4) is 0 Å². The Morgan fingerprint density at radius 1 is 1.39 bits per heavy atom. The van der Waals surface area contributed by atoms with Gasteiger partial charge in [-0.25, -0.2) is 0 Å². The first kappa shape index (κ1) is 15.7. The van der Waals surface area contributed by atoms with Gasteiger partial charge in [0.15, 0.2) is 5.78 Å². The maximum absolute atomic E-state index is 12.9. The van der Waals surface area contributed by atoms with E-state index in [9.17, 15) is 15.1 Å². The largest absolute Gasteiger partial charge is 0.437 e. The fourth-order valence-electron chi connectivity index (χ4n) is 3.34. The average Bonchev–Trinajstić information content (AvgIpc) is 2.60. The molecule has 5 heteroatoms. The van der Waals surface area contributed by atoms with Gasteiger partial charge in [0.25, 0.3) is 0 Å². The molecule has 23 heavy (non-hydrogen) atoms. The van der Waals surface area contributed by atoms with Gasteiger partial charge in [0.2, 0.25) is 0 Å². The van der Waals surface area contributed by atoms with Crippen LogP contribution < -0.4 is 0 Å². The second-order valence-corrected chi connectivity index (χ2v) is 6.19. The summed E-state index contributed by atoms with van der Waals surface area (Å²) in [5, 5.41) is 20.9. The molecule has 3 rings (SSSR count). The molecule has 0 spiro atoms. The first-order chi connectivity index (χ1) is 11.1. The summed E-state index contributed by atoms with van der Waals surface area (Å²) in [5.74, 6) is -0.0522. The molecule has 0 amide bonds. The van der Waals surface area contributed by atoms with Crippen molar-refractivity contribution in [1.29, 1.82) is 5.26 Å². The van der Waals surface area contributed by atoms with Crippen molar-refractivity contribution in [3.05, 3.63) is 47.5 Å². The van der Waals surface area contributed by atoms with Crippen molar-refractivity contribution < 1.29 is 9.82 Å². The second-order valence-electron chi connectivity index (χ2n) is 6.19. The Labute approximate surface area is 136 Å². The van der Waals surface area contributed by atoms with Crippen molar-refractivity contribution in [3.63, 3.8) is 0 Å². The van der Waals surface area contributed by atoms with Gasteiger partial charge in [-0.2, -0.15) is 5.26 Å². The number of hydrogen-bond acceptors (Lipinski definition) is 4. The van der Waals surface area contributed by atoms with Crippen LogP contribution in [0.4, 0.5) is 0 Å². The SMILES string of the molecule is CB(O)N1CCCC(C(=O)c2cc(C#N)c3ccccc3c2)C1. The van der Waals surface area contributed by atoms with Crippen molar-refractivity contribution in [2.24, 2.45) is 5.92 Å². The maximum atomic E-state index is 12.9. The van der Waals surface area contributed by atoms with Crippen LogP contribution in [0.2, 0.25) is 6.82 Å². The monoisotopic (exact) mass is 306 g/mol. The minimum atomic E-state index is -0.531. The van der Waals surface area contributed by atoms with Crippen LogP contribution in [-0.4, -0.2) is 35.8 Å². The van der Waals surface area contributed by atoms with Gasteiger partial charge in [-0.05, 0) is 55.7 Å². The summed E-state index contributed by atoms with van der Waals surface area (Å²) in [6, 6.07) is 13.4. The normalized spacial score (nSPS) is 18.6. The summed E-state index contributed by atoms with van der Waals surface area (Å²) >= 11 is 0. The van der Waals surface area contributed by atoms with Gasteiger partial charge in [0.1, 0.15) is 0 Å². The third kappa shape index (κ3) is 3.14. The lowest BCUT2D eigenvalue weighted by atomic mass is 9.79. The number of piperidine rings is 1. The first-order valence-electron chi connectivity index (χ1n) is 7.99. The van der Waals surface area contributed by atoms with E-state index in [-0.39, 0.29) is 11.7 Å². The zero-order valence-corrected chi connectivity index (χ0v) is 13.2. The highest BCUT2D eigenvalue weighted by atomic mass is 16.2. The Balaban J connectivity index is 1.93. The van der Waals surface area contributed by atoms with E-state index in [1.54, 1.807) is 12.9 Å². The van der Waals surface area contributed by atoms with Crippen LogP contribution in [0, 0.1) is 17.2 Å². The number of Topliss-reactive ketones (excluding diaryl/α,β-unsaturated/α-hetero) is 1. The number of ketones is 1. The van der Waals surface area contributed by atoms with E-state index in [0.29, 0.717) is 17.7 Å². The van der Waals surface area contributed by atoms with Gasteiger partial charge in [-0.3, -0.25) is 4.79 Å². The number of rotatable bonds is 3. The Morgan fingerprint density at radius 2 is 2.17 bits per heavy atom. The van der Waals surface area contributed by atoms with E-state index >= 15 is 0 Å². The minimum absolute atomic E-state index is 0.0672. The lowest BCUT2D eigenvalue weighted by molar-refractivity contribution is 0.0864. The molecule has 0 bridgehead atoms. The molecule has 2 aromatic rings. The Kier molecular flexibility index (Phi) is 4.47. The third-order valence-electron chi connectivity index (χ3n) is 4.62. The first-order valence-corrected chi connectivity index (χ1v) is 7.99. The van der Waals surface area contributed by atoms with Crippen molar-refractivity contribution in [1.82, 2.24) is 4.81 Å². The molecule has 1 aliphatic heterocycles. The summed E-state index contributed by atoms with van der Waals surface area (Å²) in [6.07, 6.45) is 1.73. The maximum Gasteiger partial charge on any atom is 0.376 e. The molecule has 1 atom stereocenters. The molecule has 0 radical (unpaired) electrons. The van der Waals surface area contributed by atoms with Crippen LogP contribution in [0.25, 0.3) is 10.8 Å². The van der Waals surface area contributed by atoms with Crippen molar-refractivity contribution in [2.45, 2.75) is 19.7 Å². The number of nitriles is 1. The summed E-state index contributed by atoms with van der Waals surface area (Å²) in [5.41, 5.74) is 1.13. The Hall–Kier alpha value is -2.16. The highest BCUT2D eigenvalue weighted by Gasteiger charge is 2.30. The molecule has 116 valence electrons. The van der Waals surface area contributed by atoms with Crippen molar-refractivity contribution in [2.75, 3.05) is 13.1 Å². The number of nitrogens with zero attached hydrogens (tertiary/aromatic N) is 2. The molecular formula is C18H19BN2O2. The molecule has 1 N–H and O–H groups in total. The van der Waals surface area contributed by atoms with Crippen LogP contribution in [0.1, 0.15) is 28.8 Å². The number of carbonyl (C=O) groups is 1. The summed E-state index contributed by atoms with van der Waals surface area (Å²) in [6.45, 7) is 3.13. The number of hydrogen-bond donors (Lipinski definition) is 1. The lowest BCUT2D eigenvalue weighted by Gasteiger charge is -2.32. The zero-order valence-electron chi connectivity index (χ0n) is 13.2. The second kappa shape index (κ2) is 6.53. The summed E-state index contributed by atoms with van der Waals surface area (Å²) < 4.78 is 0. The predicted octanol–water partition coefficient (Wildman–Crippen LogP) is 2.72. The van der Waals surface area contributed by atoms with Gasteiger partial charge in [-0.15, -0.1) is 0 Å². The van der Waals surface area contributed by atoms with Gasteiger partial charge >= 0.3 is 7.05 Å². The predicted molar refractivity (Wildman–Crippen MR) is 91.1 cm³/mol. The van der Waals surface area contributed by atoms with E-state index in [4.69, 9.17) is 0 Å². The zero-order chi connectivity index (χ0) is 16.4. The van der Waals surface area contributed by atoms with Crippen LogP contribution in [-0.2, 0) is 0 Å². The highest BCUT2D eigenvalue weighted by Crippen LogP contribution is 2.26. The van der Waals surface area contributed by atoms with Gasteiger partial charge < -0.3 is 9.83 Å². The number of benzene rings is 2. The van der Waals surface area contributed by atoms with E-state index in [2.05, 4.69) is 6.07 Å². The molecule has 0 saturated carbocycles. The van der Waals surface area contributed by atoms with Crippen LogP contribution in [0.15, 0.2) is 36.4 Å². The average molecular weight is 306 g/mol. The van der Waals surface area contributed by atoms with Crippen molar-refractivity contribution in [3.8, 4) is 6.07 Å². The van der Waals surface area contributed by atoms with Gasteiger partial charge in [0, 0.05) is 11.5 Å². The summed E-state index contributed by atoms with van der Waals surface area (Å²) in [7, 11) is -0.531. The van der Waals surface area contributed by atoms with Gasteiger partial charge in [0.05, 0.1) is 11.6 Å². The molecule has 1 heterocycles. The Bertz CT molecular complexity index is 782. The fraction of sp³-hybridized carbons (Fsp3) is 0.333. The molecular weight excluding hydrogens is 287 g/mol. The summed E-state index contributed by atoms with van der Waals surface area (Å²) in [4.78, 5) is 14.8. The molecule has 0 aromatic heterocycles. The lowest BCUT2D eigenvalue weighted by Crippen LogP contribution is -2.46. The quantitative estimate of drug-likeness (QED) is 0.699. The van der Waals surface area contributed by atoms with E-state index < -0.39 is 7.05 Å². The molecule has 1 fully saturated rings. The highest BCUT2D eigenvalue weighted by molar-refractivity contribution is 6.45. The number of fused-ring (bicyclic) bond motifs is 1. The van der Waals surface area contributed by atoms with E-state index in [0.717, 1.165) is 30.2 Å². The Morgan fingerprint density at radius 3 is 2.91 bits per heavy atom. The molecule has 4 nitrogen and oxygen atoms in total. The minimum Gasteiger partial charge on any atom is -0.437 e. The third-order valence-corrected chi connectivity index (χ3v) is 4.62.